The predicted molar refractivity (Wildman–Crippen MR) is 111 cm³/mol. The number of methoxy groups -OCH3 is 1. The zero-order valence-electron chi connectivity index (χ0n) is 16.7. The van der Waals surface area contributed by atoms with Crippen LogP contribution in [0.25, 0.3) is 5.57 Å². The average Bonchev–Trinajstić information content (AvgIpc) is 2.74. The van der Waals surface area contributed by atoms with Crippen molar-refractivity contribution in [3.8, 4) is 5.75 Å². The zero-order valence-corrected chi connectivity index (χ0v) is 17.5. The molecule has 0 N–H and O–H groups in total. The van der Waals surface area contributed by atoms with Crippen LogP contribution in [-0.4, -0.2) is 21.7 Å². The van der Waals surface area contributed by atoms with Crippen LogP contribution < -0.4 is 4.74 Å². The molecule has 0 saturated heterocycles. The number of benzene rings is 3. The van der Waals surface area contributed by atoms with Crippen LogP contribution >= 0.6 is 0 Å². The van der Waals surface area contributed by atoms with Gasteiger partial charge in [-0.2, -0.15) is 21.6 Å². The fourth-order valence-electron chi connectivity index (χ4n) is 2.88. The quantitative estimate of drug-likeness (QED) is 0.357. The molecule has 4 nitrogen and oxygen atoms in total. The maximum atomic E-state index is 14.1. The lowest BCUT2D eigenvalue weighted by Gasteiger charge is -2.19. The number of hydrogen-bond donors (Lipinski definition) is 0. The molecule has 0 atom stereocenters. The van der Waals surface area contributed by atoms with E-state index in [1.807, 2.05) is 0 Å². The monoisotopic (exact) mass is 448 g/mol. The van der Waals surface area contributed by atoms with Crippen LogP contribution in [0.15, 0.2) is 89.5 Å². The molecule has 0 radical (unpaired) electrons. The van der Waals surface area contributed by atoms with E-state index in [0.717, 1.165) is 5.56 Å². The summed E-state index contributed by atoms with van der Waals surface area (Å²) in [6, 6.07) is 18.8. The lowest BCUT2D eigenvalue weighted by atomic mass is 9.96. The van der Waals surface area contributed by atoms with Crippen molar-refractivity contribution in [1.29, 1.82) is 0 Å². The predicted octanol–water partition coefficient (Wildman–Crippen LogP) is 5.73. The van der Waals surface area contributed by atoms with E-state index in [1.54, 1.807) is 25.1 Å². The first-order valence-electron chi connectivity index (χ1n) is 9.14. The van der Waals surface area contributed by atoms with Gasteiger partial charge in [0, 0.05) is 5.57 Å². The molecule has 0 spiro atoms. The van der Waals surface area contributed by atoms with Gasteiger partial charge in [0.2, 0.25) is 5.76 Å². The molecule has 3 aromatic carbocycles. The van der Waals surface area contributed by atoms with Crippen molar-refractivity contribution < 1.29 is 30.5 Å². The Morgan fingerprint density at radius 3 is 1.87 bits per heavy atom. The Kier molecular flexibility index (Phi) is 6.40. The van der Waals surface area contributed by atoms with E-state index in [2.05, 4.69) is 0 Å². The molecule has 3 rings (SSSR count). The van der Waals surface area contributed by atoms with E-state index < -0.39 is 27.6 Å². The minimum atomic E-state index is -5.08. The molecule has 0 amide bonds. The van der Waals surface area contributed by atoms with Crippen LogP contribution in [0.3, 0.4) is 0 Å². The highest BCUT2D eigenvalue weighted by Gasteiger charge is 2.42. The van der Waals surface area contributed by atoms with Crippen LogP contribution in [-0.2, 0) is 14.3 Å². The highest BCUT2D eigenvalue weighted by atomic mass is 32.2. The first-order valence-corrected chi connectivity index (χ1v) is 10.5. The first-order chi connectivity index (χ1) is 14.6. The van der Waals surface area contributed by atoms with E-state index >= 15 is 0 Å². The van der Waals surface area contributed by atoms with Crippen molar-refractivity contribution in [2.75, 3.05) is 7.11 Å². The topological polar surface area (TPSA) is 52.6 Å². The summed E-state index contributed by atoms with van der Waals surface area (Å²) in [6.45, 7) is 1.73. The number of alkyl halides is 3. The average molecular weight is 448 g/mol. The Morgan fingerprint density at radius 2 is 1.35 bits per heavy atom. The van der Waals surface area contributed by atoms with Crippen LogP contribution in [0, 0.1) is 6.92 Å². The first kappa shape index (κ1) is 22.4. The number of rotatable bonds is 6. The van der Waals surface area contributed by atoms with Gasteiger partial charge in [0.05, 0.1) is 7.11 Å². The fraction of sp³-hybridized carbons (Fsp3) is 0.130. The molecule has 0 heterocycles. The minimum Gasteiger partial charge on any atom is -0.497 e. The second-order valence-electron chi connectivity index (χ2n) is 6.65. The van der Waals surface area contributed by atoms with Crippen LogP contribution in [0.1, 0.15) is 16.7 Å². The van der Waals surface area contributed by atoms with Gasteiger partial charge in [-0.3, -0.25) is 0 Å². The number of aryl methyl sites for hydroxylation is 1. The van der Waals surface area contributed by atoms with E-state index in [4.69, 9.17) is 8.92 Å². The second kappa shape index (κ2) is 8.85. The highest BCUT2D eigenvalue weighted by Crippen LogP contribution is 2.39. The van der Waals surface area contributed by atoms with Gasteiger partial charge in [-0.25, -0.2) is 0 Å². The molecule has 31 heavy (non-hydrogen) atoms. The number of halogens is 3. The third-order valence-electron chi connectivity index (χ3n) is 4.43. The lowest BCUT2D eigenvalue weighted by molar-refractivity contribution is -0.114. The number of allylic oxidation sites excluding steroid dienone is 1. The van der Waals surface area contributed by atoms with Gasteiger partial charge in [-0.15, -0.1) is 0 Å². The Labute approximate surface area is 178 Å². The number of hydrogen-bond acceptors (Lipinski definition) is 4. The summed E-state index contributed by atoms with van der Waals surface area (Å²) in [5.41, 5.74) is 0.637. The molecular weight excluding hydrogens is 429 g/mol. The molecule has 0 aliphatic rings. The molecule has 0 aliphatic heterocycles. The molecule has 8 heteroatoms. The molecule has 0 saturated carbocycles. The zero-order chi connectivity index (χ0) is 22.6. The van der Waals surface area contributed by atoms with Gasteiger partial charge in [-0.05, 0) is 42.3 Å². The van der Waals surface area contributed by atoms with Gasteiger partial charge in [-0.1, -0.05) is 60.2 Å². The molecular formula is C23H19F3O4S. The third kappa shape index (κ3) is 5.27. The van der Waals surface area contributed by atoms with Crippen molar-refractivity contribution in [1.82, 2.24) is 0 Å². The summed E-state index contributed by atoms with van der Waals surface area (Å²) in [4.78, 5) is -0.373. The minimum absolute atomic E-state index is 0.124. The Bertz CT molecular complexity index is 1170. The third-order valence-corrected chi connectivity index (χ3v) is 5.66. The van der Waals surface area contributed by atoms with Gasteiger partial charge >= 0.3 is 16.3 Å². The van der Waals surface area contributed by atoms with Gasteiger partial charge in [0.1, 0.15) is 10.6 Å². The largest absolute Gasteiger partial charge is 0.497 e. The van der Waals surface area contributed by atoms with E-state index in [-0.39, 0.29) is 16.0 Å². The van der Waals surface area contributed by atoms with Crippen molar-refractivity contribution in [2.24, 2.45) is 0 Å². The van der Waals surface area contributed by atoms with Gasteiger partial charge < -0.3 is 8.92 Å². The highest BCUT2D eigenvalue weighted by molar-refractivity contribution is 7.86. The maximum Gasteiger partial charge on any atom is 0.451 e. The molecule has 0 bridgehead atoms. The Balaban J connectivity index is 2.24. The summed E-state index contributed by atoms with van der Waals surface area (Å²) in [7, 11) is -3.30. The van der Waals surface area contributed by atoms with Gasteiger partial charge in [0.15, 0.2) is 0 Å². The second-order valence-corrected chi connectivity index (χ2v) is 8.19. The number of ether oxygens (including phenoxy) is 1. The summed E-state index contributed by atoms with van der Waals surface area (Å²) >= 11 is 0. The van der Waals surface area contributed by atoms with Crippen LogP contribution in [0.2, 0.25) is 0 Å². The molecule has 0 fully saturated rings. The van der Waals surface area contributed by atoms with Crippen molar-refractivity contribution in [3.63, 3.8) is 0 Å². The Morgan fingerprint density at radius 1 is 0.806 bits per heavy atom. The van der Waals surface area contributed by atoms with E-state index in [9.17, 15) is 21.6 Å². The molecule has 0 aliphatic carbocycles. The van der Waals surface area contributed by atoms with Crippen molar-refractivity contribution in [2.45, 2.75) is 18.0 Å². The fourth-order valence-corrected chi connectivity index (χ4v) is 3.85. The SMILES string of the molecule is COc1ccc(/C(=C(\OS(=O)(=O)c2ccc(C)cc2)C(F)(F)F)c2ccccc2)cc1. The summed E-state index contributed by atoms with van der Waals surface area (Å²) in [5.74, 6) is -1.18. The van der Waals surface area contributed by atoms with Crippen molar-refractivity contribution >= 4 is 15.7 Å². The smallest absolute Gasteiger partial charge is 0.451 e. The summed E-state index contributed by atoms with van der Waals surface area (Å²) < 4.78 is 77.6. The van der Waals surface area contributed by atoms with E-state index in [1.165, 1.54) is 67.8 Å². The Hall–Kier alpha value is -3.26. The lowest BCUT2D eigenvalue weighted by Crippen LogP contribution is -2.21. The van der Waals surface area contributed by atoms with E-state index in [0.29, 0.717) is 5.75 Å². The normalized spacial score (nSPS) is 12.8. The summed E-state index contributed by atoms with van der Waals surface area (Å²) in [5, 5.41) is 0. The van der Waals surface area contributed by atoms with Crippen LogP contribution in [0.4, 0.5) is 13.2 Å². The van der Waals surface area contributed by atoms with Gasteiger partial charge in [0.25, 0.3) is 0 Å². The molecule has 0 aromatic heterocycles. The molecule has 162 valence electrons. The molecule has 0 unspecified atom stereocenters. The summed E-state index contributed by atoms with van der Waals surface area (Å²) in [6.07, 6.45) is -5.08. The van der Waals surface area contributed by atoms with Crippen molar-refractivity contribution in [3.05, 3.63) is 101 Å². The maximum absolute atomic E-state index is 14.1. The van der Waals surface area contributed by atoms with Crippen LogP contribution in [0.5, 0.6) is 5.75 Å². The molecule has 3 aromatic rings. The standard InChI is InChI=1S/C23H19F3O4S/c1-16-8-14-20(15-9-16)31(27,28)30-22(23(24,25)26)21(17-6-4-3-5-7-17)18-10-12-19(29-2)13-11-18/h3-15H,1-2H3/b22-21-.